The zero-order valence-electron chi connectivity index (χ0n) is 13.2. The number of amides is 1. The highest BCUT2D eigenvalue weighted by Gasteiger charge is 2.20. The van der Waals surface area contributed by atoms with Crippen LogP contribution in [0.1, 0.15) is 54.3 Å². The van der Waals surface area contributed by atoms with Crippen molar-refractivity contribution in [2.45, 2.75) is 44.7 Å². The first-order chi connectivity index (χ1) is 11.3. The van der Waals surface area contributed by atoms with Crippen molar-refractivity contribution in [3.8, 4) is 5.75 Å². The summed E-state index contributed by atoms with van der Waals surface area (Å²) in [5, 5.41) is 14.8. The fourth-order valence-electron chi connectivity index (χ4n) is 2.94. The van der Waals surface area contributed by atoms with Crippen molar-refractivity contribution in [1.82, 2.24) is 25.5 Å². The van der Waals surface area contributed by atoms with Gasteiger partial charge in [0.05, 0.1) is 19.7 Å². The van der Waals surface area contributed by atoms with Crippen LogP contribution in [0.3, 0.4) is 0 Å². The van der Waals surface area contributed by atoms with Gasteiger partial charge in [0.1, 0.15) is 5.75 Å². The summed E-state index contributed by atoms with van der Waals surface area (Å²) in [6.07, 6.45) is 5.90. The Morgan fingerprint density at radius 3 is 2.70 bits per heavy atom. The van der Waals surface area contributed by atoms with Crippen LogP contribution in [-0.4, -0.2) is 33.2 Å². The lowest BCUT2D eigenvalue weighted by Gasteiger charge is -2.22. The molecule has 0 atom stereocenters. The van der Waals surface area contributed by atoms with Crippen LogP contribution in [0.2, 0.25) is 0 Å². The lowest BCUT2D eigenvalue weighted by Crippen LogP contribution is -2.26. The first kappa shape index (κ1) is 15.5. The second-order valence-corrected chi connectivity index (χ2v) is 5.74. The van der Waals surface area contributed by atoms with Gasteiger partial charge in [0.25, 0.3) is 5.91 Å². The molecule has 0 radical (unpaired) electrons. The molecule has 0 unspecified atom stereocenters. The van der Waals surface area contributed by atoms with Gasteiger partial charge in [0.2, 0.25) is 0 Å². The van der Waals surface area contributed by atoms with E-state index in [4.69, 9.17) is 4.74 Å². The van der Waals surface area contributed by atoms with Gasteiger partial charge in [-0.3, -0.25) is 4.79 Å². The average molecular weight is 315 g/mol. The number of rotatable bonds is 5. The van der Waals surface area contributed by atoms with E-state index in [2.05, 4.69) is 20.8 Å². The number of hydrogen-bond donors (Lipinski definition) is 1. The topological polar surface area (TPSA) is 81.9 Å². The molecule has 3 rings (SSSR count). The first-order valence-electron chi connectivity index (χ1n) is 7.97. The van der Waals surface area contributed by atoms with Gasteiger partial charge < -0.3 is 10.1 Å². The number of ether oxygens (including phenoxy) is 1. The molecule has 23 heavy (non-hydrogen) atoms. The predicted molar refractivity (Wildman–Crippen MR) is 84.1 cm³/mol. The molecule has 1 N–H and O–H groups in total. The highest BCUT2D eigenvalue weighted by Crippen LogP contribution is 2.27. The monoisotopic (exact) mass is 315 g/mol. The standard InChI is InChI=1S/C16H21N5O2/c1-23-14-9-7-12(8-10-14)16(22)17-11-15-18-19-20-21(15)13-5-3-2-4-6-13/h7-10,13H,2-6,11H2,1H3,(H,17,22). The largest absolute Gasteiger partial charge is 0.497 e. The Morgan fingerprint density at radius 1 is 1.26 bits per heavy atom. The minimum absolute atomic E-state index is 0.147. The Balaban J connectivity index is 1.61. The van der Waals surface area contributed by atoms with Crippen molar-refractivity contribution in [2.24, 2.45) is 0 Å². The molecule has 7 nitrogen and oxygen atoms in total. The van der Waals surface area contributed by atoms with E-state index in [9.17, 15) is 4.79 Å². The zero-order chi connectivity index (χ0) is 16.1. The third-order valence-electron chi connectivity index (χ3n) is 4.24. The molecule has 1 amide bonds. The van der Waals surface area contributed by atoms with Crippen molar-refractivity contribution >= 4 is 5.91 Å². The summed E-state index contributed by atoms with van der Waals surface area (Å²) >= 11 is 0. The normalized spacial score (nSPS) is 15.3. The number of tetrazole rings is 1. The Kier molecular flexibility index (Phi) is 4.85. The molecule has 0 bridgehead atoms. The maximum absolute atomic E-state index is 12.2. The highest BCUT2D eigenvalue weighted by atomic mass is 16.5. The summed E-state index contributed by atoms with van der Waals surface area (Å²) in [7, 11) is 1.60. The molecule has 2 aromatic rings. The fraction of sp³-hybridized carbons (Fsp3) is 0.500. The predicted octanol–water partition coefficient (Wildman–Crippen LogP) is 2.12. The SMILES string of the molecule is COc1ccc(C(=O)NCc2nnnn2C2CCCCC2)cc1. The van der Waals surface area contributed by atoms with Crippen molar-refractivity contribution in [1.29, 1.82) is 0 Å². The second-order valence-electron chi connectivity index (χ2n) is 5.74. The summed E-state index contributed by atoms with van der Waals surface area (Å²) in [6, 6.07) is 7.35. The van der Waals surface area contributed by atoms with Gasteiger partial charge in [-0.2, -0.15) is 0 Å². The van der Waals surface area contributed by atoms with E-state index in [-0.39, 0.29) is 5.91 Å². The van der Waals surface area contributed by atoms with Crippen molar-refractivity contribution in [3.05, 3.63) is 35.7 Å². The third kappa shape index (κ3) is 3.67. The molecule has 1 fully saturated rings. The van der Waals surface area contributed by atoms with Crippen molar-refractivity contribution in [2.75, 3.05) is 7.11 Å². The van der Waals surface area contributed by atoms with Gasteiger partial charge in [-0.1, -0.05) is 19.3 Å². The van der Waals surface area contributed by atoms with Crippen LogP contribution in [0.25, 0.3) is 0 Å². The van der Waals surface area contributed by atoms with Gasteiger partial charge in [-0.25, -0.2) is 4.68 Å². The van der Waals surface area contributed by atoms with Crippen LogP contribution >= 0.6 is 0 Å². The number of nitrogens with one attached hydrogen (secondary N) is 1. The molecule has 1 aliphatic rings. The van der Waals surface area contributed by atoms with E-state index in [1.807, 2.05) is 4.68 Å². The quantitative estimate of drug-likeness (QED) is 0.914. The Morgan fingerprint density at radius 2 is 2.00 bits per heavy atom. The maximum Gasteiger partial charge on any atom is 0.251 e. The summed E-state index contributed by atoms with van der Waals surface area (Å²) in [5.74, 6) is 1.28. The van der Waals surface area contributed by atoms with Gasteiger partial charge in [-0.05, 0) is 47.5 Å². The smallest absolute Gasteiger partial charge is 0.251 e. The highest BCUT2D eigenvalue weighted by molar-refractivity contribution is 5.94. The second kappa shape index (κ2) is 7.21. The van der Waals surface area contributed by atoms with Gasteiger partial charge in [0.15, 0.2) is 5.82 Å². The zero-order valence-corrected chi connectivity index (χ0v) is 13.2. The van der Waals surface area contributed by atoms with E-state index in [1.165, 1.54) is 19.3 Å². The lowest BCUT2D eigenvalue weighted by molar-refractivity contribution is 0.0948. The van der Waals surface area contributed by atoms with E-state index >= 15 is 0 Å². The Hall–Kier alpha value is -2.44. The third-order valence-corrected chi connectivity index (χ3v) is 4.24. The van der Waals surface area contributed by atoms with Crippen LogP contribution in [0.4, 0.5) is 0 Å². The molecule has 1 aromatic heterocycles. The molecule has 1 aromatic carbocycles. The number of carbonyl (C=O) groups excluding carboxylic acids is 1. The van der Waals surface area contributed by atoms with E-state index < -0.39 is 0 Å². The molecular weight excluding hydrogens is 294 g/mol. The number of benzene rings is 1. The van der Waals surface area contributed by atoms with Crippen LogP contribution in [-0.2, 0) is 6.54 Å². The number of carbonyl (C=O) groups is 1. The molecule has 1 saturated carbocycles. The number of nitrogens with zero attached hydrogens (tertiary/aromatic N) is 4. The van der Waals surface area contributed by atoms with Gasteiger partial charge in [-0.15, -0.1) is 5.10 Å². The van der Waals surface area contributed by atoms with Crippen LogP contribution in [0.5, 0.6) is 5.75 Å². The maximum atomic E-state index is 12.2. The van der Waals surface area contributed by atoms with E-state index in [0.717, 1.165) is 18.6 Å². The summed E-state index contributed by atoms with van der Waals surface area (Å²) in [5.41, 5.74) is 0.586. The molecule has 7 heteroatoms. The number of hydrogen-bond acceptors (Lipinski definition) is 5. The number of methoxy groups -OCH3 is 1. The Labute approximate surface area is 135 Å². The lowest BCUT2D eigenvalue weighted by atomic mass is 9.95. The molecular formula is C16H21N5O2. The molecule has 1 aliphatic carbocycles. The van der Waals surface area contributed by atoms with Gasteiger partial charge in [0, 0.05) is 5.56 Å². The van der Waals surface area contributed by atoms with Crippen LogP contribution in [0.15, 0.2) is 24.3 Å². The average Bonchev–Trinajstić information content (AvgIpc) is 3.09. The molecule has 122 valence electrons. The minimum Gasteiger partial charge on any atom is -0.497 e. The molecule has 0 spiro atoms. The van der Waals surface area contributed by atoms with E-state index in [1.54, 1.807) is 31.4 Å². The minimum atomic E-state index is -0.147. The van der Waals surface area contributed by atoms with Crippen molar-refractivity contribution in [3.63, 3.8) is 0 Å². The summed E-state index contributed by atoms with van der Waals surface area (Å²) in [6.45, 7) is 0.328. The Bertz CT molecular complexity index is 647. The summed E-state index contributed by atoms with van der Waals surface area (Å²) < 4.78 is 6.96. The van der Waals surface area contributed by atoms with Crippen molar-refractivity contribution < 1.29 is 9.53 Å². The molecule has 0 aliphatic heterocycles. The first-order valence-corrected chi connectivity index (χ1v) is 7.97. The van der Waals surface area contributed by atoms with Crippen LogP contribution in [0, 0.1) is 0 Å². The molecule has 1 heterocycles. The van der Waals surface area contributed by atoms with Gasteiger partial charge >= 0.3 is 0 Å². The fourth-order valence-corrected chi connectivity index (χ4v) is 2.94. The molecule has 0 saturated heterocycles. The number of aromatic nitrogens is 4. The van der Waals surface area contributed by atoms with E-state index in [0.29, 0.717) is 24.0 Å². The summed E-state index contributed by atoms with van der Waals surface area (Å²) in [4.78, 5) is 12.2. The van der Waals surface area contributed by atoms with Crippen LogP contribution < -0.4 is 10.1 Å².